The summed E-state index contributed by atoms with van der Waals surface area (Å²) in [6.45, 7) is 14.9. The molecule has 0 aromatic rings. The number of rotatable bonds is 16. The van der Waals surface area contributed by atoms with E-state index in [-0.39, 0.29) is 47.6 Å². The van der Waals surface area contributed by atoms with E-state index in [0.717, 1.165) is 77.0 Å². The summed E-state index contributed by atoms with van der Waals surface area (Å²) in [6, 6.07) is 0. The largest absolute Gasteiger partial charge is 4.00 e. The van der Waals surface area contributed by atoms with E-state index >= 15 is 0 Å². The zero-order valence-electron chi connectivity index (χ0n) is 24.6. The number of carbonyl (C=O) groups is 4. The van der Waals surface area contributed by atoms with Crippen molar-refractivity contribution in [2.45, 2.75) is 132 Å². The van der Waals surface area contributed by atoms with Gasteiger partial charge in [0, 0.05) is 23.9 Å². The molecule has 0 aromatic carbocycles. The number of carbonyl (C=O) groups excluding carboxylic acids is 4. The van der Waals surface area contributed by atoms with Gasteiger partial charge in [0.1, 0.15) is 0 Å². The van der Waals surface area contributed by atoms with E-state index in [1.807, 2.05) is 27.7 Å². The fourth-order valence-electron chi connectivity index (χ4n) is 2.51. The Bertz CT molecular complexity index is 458. The second-order valence-corrected chi connectivity index (χ2v) is 9.45. The molecule has 0 aromatic heterocycles. The van der Waals surface area contributed by atoms with Crippen LogP contribution in [0.1, 0.15) is 132 Å². The van der Waals surface area contributed by atoms with E-state index in [9.17, 15) is 39.6 Å². The minimum absolute atomic E-state index is 0. The van der Waals surface area contributed by atoms with Crippen LogP contribution in [-0.4, -0.2) is 47.8 Å². The van der Waals surface area contributed by atoms with Gasteiger partial charge in [-0.1, -0.05) is 107 Å². The summed E-state index contributed by atoms with van der Waals surface area (Å²) in [5, 5.41) is 40.4. The van der Waals surface area contributed by atoms with Crippen molar-refractivity contribution in [2.75, 3.05) is 0 Å². The van der Waals surface area contributed by atoms with Gasteiger partial charge < -0.3 is 39.6 Å². The van der Waals surface area contributed by atoms with Gasteiger partial charge in [-0.15, -0.1) is 0 Å². The van der Waals surface area contributed by atoms with E-state index in [0.29, 0.717) is 0 Å². The molecule has 8 nitrogen and oxygen atoms in total. The van der Waals surface area contributed by atoms with Crippen LogP contribution in [0.25, 0.3) is 0 Å². The Hall–Kier alpha value is -1.32. The Morgan fingerprint density at radius 3 is 0.649 bits per heavy atom. The van der Waals surface area contributed by atoms with Gasteiger partial charge in [0.15, 0.2) is 0 Å². The molecule has 0 aliphatic rings. The van der Waals surface area contributed by atoms with Crippen LogP contribution in [0.15, 0.2) is 0 Å². The second kappa shape index (κ2) is 32.7. The second-order valence-electron chi connectivity index (χ2n) is 9.45. The summed E-state index contributed by atoms with van der Waals surface area (Å²) in [5.41, 5.74) is 0. The summed E-state index contributed by atoms with van der Waals surface area (Å²) in [7, 11) is 0. The number of hydrogen-bond acceptors (Lipinski definition) is 8. The summed E-state index contributed by atoms with van der Waals surface area (Å²) in [6.07, 6.45) is 11.1. The van der Waals surface area contributed by atoms with Crippen molar-refractivity contribution >= 4 is 47.8 Å². The van der Waals surface area contributed by atoms with Crippen molar-refractivity contribution in [3.05, 3.63) is 0 Å². The minimum atomic E-state index is -0.927. The maximum atomic E-state index is 10.1. The van der Waals surface area contributed by atoms with Crippen LogP contribution in [0, 0.1) is 23.7 Å². The normalized spacial score (nSPS) is 12.8. The molecular formula is C28H52O8Sn. The molecule has 0 spiro atoms. The van der Waals surface area contributed by atoms with Crippen molar-refractivity contribution < 1.29 is 39.6 Å². The van der Waals surface area contributed by atoms with Crippen LogP contribution in [-0.2, 0) is 19.2 Å². The number of unbranched alkanes of at least 4 members (excludes halogenated alkanes) is 4. The van der Waals surface area contributed by atoms with Gasteiger partial charge in [0.2, 0.25) is 0 Å². The maximum Gasteiger partial charge on any atom is 4.00 e. The SMILES string of the molecule is CCCCC(C)C(=O)[O-].CCCCC(C)C(=O)[O-].CCCCC(C)C(=O)[O-].CCCCC(C)C(=O)[O-].[Sn+4]. The van der Waals surface area contributed by atoms with E-state index < -0.39 is 23.9 Å². The van der Waals surface area contributed by atoms with E-state index in [1.165, 1.54) is 0 Å². The number of carboxylic acid groups (broad SMARTS) is 4. The summed E-state index contributed by atoms with van der Waals surface area (Å²) >= 11 is 0. The molecule has 0 saturated carbocycles. The molecule has 4 unspecified atom stereocenters. The van der Waals surface area contributed by atoms with Gasteiger partial charge in [0.25, 0.3) is 0 Å². The van der Waals surface area contributed by atoms with Crippen molar-refractivity contribution in [1.82, 2.24) is 0 Å². The Kier molecular flexibility index (Phi) is 40.3. The van der Waals surface area contributed by atoms with Gasteiger partial charge in [-0.2, -0.15) is 0 Å². The standard InChI is InChI=1S/4C7H14O2.Sn/c4*1-3-4-5-6(2)7(8)9;/h4*6H,3-5H2,1-2H3,(H,8,9);/q;;;;+4/p-4. The van der Waals surface area contributed by atoms with Crippen LogP contribution >= 0.6 is 0 Å². The quantitative estimate of drug-likeness (QED) is 0.233. The third-order valence-corrected chi connectivity index (χ3v) is 5.57. The van der Waals surface area contributed by atoms with Crippen molar-refractivity contribution in [3.63, 3.8) is 0 Å². The number of hydrogen-bond donors (Lipinski definition) is 0. The zero-order chi connectivity index (χ0) is 29.1. The third-order valence-electron chi connectivity index (χ3n) is 5.57. The first-order chi connectivity index (χ1) is 16.7. The van der Waals surface area contributed by atoms with Crippen LogP contribution in [0.4, 0.5) is 0 Å². The van der Waals surface area contributed by atoms with Gasteiger partial charge in [-0.3, -0.25) is 0 Å². The topological polar surface area (TPSA) is 161 Å². The van der Waals surface area contributed by atoms with E-state index in [1.54, 1.807) is 27.7 Å². The molecule has 0 aliphatic carbocycles. The summed E-state index contributed by atoms with van der Waals surface area (Å²) in [5.74, 6) is -4.80. The average molecular weight is 635 g/mol. The van der Waals surface area contributed by atoms with Gasteiger partial charge in [-0.05, 0) is 49.4 Å². The number of carboxylic acids is 4. The Morgan fingerprint density at radius 2 is 0.568 bits per heavy atom. The van der Waals surface area contributed by atoms with E-state index in [4.69, 9.17) is 0 Å². The van der Waals surface area contributed by atoms with Crippen LogP contribution in [0.2, 0.25) is 0 Å². The molecular weight excluding hydrogens is 583 g/mol. The molecule has 0 bridgehead atoms. The summed E-state index contributed by atoms with van der Waals surface area (Å²) < 4.78 is 0. The van der Waals surface area contributed by atoms with E-state index in [2.05, 4.69) is 0 Å². The number of aliphatic carboxylic acids is 4. The molecule has 9 heteroatoms. The Balaban J connectivity index is -0.000000122. The molecule has 0 heterocycles. The molecule has 0 aliphatic heterocycles. The summed E-state index contributed by atoms with van der Waals surface area (Å²) in [4.78, 5) is 40.4. The first-order valence-corrected chi connectivity index (χ1v) is 13.6. The molecule has 0 fully saturated rings. The monoisotopic (exact) mass is 636 g/mol. The first kappa shape index (κ1) is 45.6. The van der Waals surface area contributed by atoms with Crippen LogP contribution in [0.5, 0.6) is 0 Å². The molecule has 0 rings (SSSR count). The van der Waals surface area contributed by atoms with Crippen molar-refractivity contribution in [1.29, 1.82) is 0 Å². The van der Waals surface area contributed by atoms with Crippen molar-refractivity contribution in [2.24, 2.45) is 23.7 Å². The zero-order valence-corrected chi connectivity index (χ0v) is 27.4. The minimum Gasteiger partial charge on any atom is -0.550 e. The fourth-order valence-corrected chi connectivity index (χ4v) is 2.51. The average Bonchev–Trinajstić information content (AvgIpc) is 2.83. The molecule has 216 valence electrons. The molecule has 4 atom stereocenters. The van der Waals surface area contributed by atoms with Gasteiger partial charge in [0.05, 0.1) is 0 Å². The maximum absolute atomic E-state index is 10.1. The smallest absolute Gasteiger partial charge is 0.550 e. The molecule has 0 radical (unpaired) electrons. The molecule has 37 heavy (non-hydrogen) atoms. The van der Waals surface area contributed by atoms with Gasteiger partial charge in [-0.25, -0.2) is 0 Å². The Morgan fingerprint density at radius 1 is 0.432 bits per heavy atom. The Labute approximate surface area is 243 Å². The van der Waals surface area contributed by atoms with Crippen LogP contribution in [0.3, 0.4) is 0 Å². The first-order valence-electron chi connectivity index (χ1n) is 13.6. The fraction of sp³-hybridized carbons (Fsp3) is 0.857. The third kappa shape index (κ3) is 39.3. The van der Waals surface area contributed by atoms with Crippen molar-refractivity contribution in [3.8, 4) is 0 Å². The van der Waals surface area contributed by atoms with Gasteiger partial charge >= 0.3 is 23.9 Å². The molecule has 0 amide bonds. The predicted octanol–water partition coefficient (Wildman–Crippen LogP) is 1.87. The molecule has 0 saturated heterocycles. The molecule has 0 N–H and O–H groups in total. The predicted molar refractivity (Wildman–Crippen MR) is 141 cm³/mol. The van der Waals surface area contributed by atoms with Crippen LogP contribution < -0.4 is 20.4 Å².